The lowest BCUT2D eigenvalue weighted by atomic mass is 10.2. The molecule has 7 heteroatoms. The molecule has 142 valence electrons. The van der Waals surface area contributed by atoms with Crippen molar-refractivity contribution < 1.29 is 23.9 Å². The number of benzene rings is 2. The van der Waals surface area contributed by atoms with Crippen LogP contribution in [0.15, 0.2) is 48.5 Å². The predicted octanol–water partition coefficient (Wildman–Crippen LogP) is 2.47. The molecule has 0 unspecified atom stereocenters. The van der Waals surface area contributed by atoms with Crippen LogP contribution in [-0.4, -0.2) is 43.4 Å². The first-order valence-corrected chi connectivity index (χ1v) is 8.29. The summed E-state index contributed by atoms with van der Waals surface area (Å²) in [6.07, 6.45) is 0. The number of methoxy groups -OCH3 is 2. The Morgan fingerprint density at radius 1 is 1.04 bits per heavy atom. The molecule has 0 fully saturated rings. The standard InChI is InChI=1S/C20H22N2O5/c1-14(23)22(12-15-7-9-18(26-2)10-8-15)13-19(24)21-17-6-4-5-16(11-17)20(25)27-3/h4-11H,12-13H2,1-3H3,(H,21,24). The third kappa shape index (κ3) is 5.85. The number of anilines is 1. The van der Waals surface area contributed by atoms with Gasteiger partial charge in [-0.2, -0.15) is 0 Å². The second-order valence-electron chi connectivity index (χ2n) is 5.84. The molecule has 0 radical (unpaired) electrons. The fraction of sp³-hybridized carbons (Fsp3) is 0.250. The van der Waals surface area contributed by atoms with Gasteiger partial charge < -0.3 is 19.7 Å². The quantitative estimate of drug-likeness (QED) is 0.757. The third-order valence-electron chi connectivity index (χ3n) is 3.88. The maximum absolute atomic E-state index is 12.3. The van der Waals surface area contributed by atoms with Crippen LogP contribution < -0.4 is 10.1 Å². The van der Waals surface area contributed by atoms with Gasteiger partial charge in [-0.3, -0.25) is 9.59 Å². The van der Waals surface area contributed by atoms with Crippen molar-refractivity contribution in [3.05, 3.63) is 59.7 Å². The van der Waals surface area contributed by atoms with Crippen LogP contribution in [0.4, 0.5) is 5.69 Å². The molecule has 1 N–H and O–H groups in total. The van der Waals surface area contributed by atoms with Crippen molar-refractivity contribution in [3.8, 4) is 5.75 Å². The summed E-state index contributed by atoms with van der Waals surface area (Å²) in [5.74, 6) is -0.350. The Kier molecular flexibility index (Phi) is 6.93. The molecule has 2 aromatic rings. The Morgan fingerprint density at radius 3 is 2.33 bits per heavy atom. The van der Waals surface area contributed by atoms with Crippen molar-refractivity contribution in [2.45, 2.75) is 13.5 Å². The van der Waals surface area contributed by atoms with E-state index in [4.69, 9.17) is 4.74 Å². The van der Waals surface area contributed by atoms with Gasteiger partial charge in [0.25, 0.3) is 0 Å². The maximum Gasteiger partial charge on any atom is 0.337 e. The fourth-order valence-corrected chi connectivity index (χ4v) is 2.45. The Hall–Kier alpha value is -3.35. The lowest BCUT2D eigenvalue weighted by molar-refractivity contribution is -0.133. The van der Waals surface area contributed by atoms with Gasteiger partial charge in [0.05, 0.1) is 19.8 Å². The SMILES string of the molecule is COC(=O)c1cccc(NC(=O)CN(Cc2ccc(OC)cc2)C(C)=O)c1. The van der Waals surface area contributed by atoms with E-state index >= 15 is 0 Å². The van der Waals surface area contributed by atoms with E-state index in [-0.39, 0.29) is 18.4 Å². The lowest BCUT2D eigenvalue weighted by Crippen LogP contribution is -2.36. The molecule has 0 aromatic heterocycles. The molecule has 0 heterocycles. The largest absolute Gasteiger partial charge is 0.497 e. The maximum atomic E-state index is 12.3. The third-order valence-corrected chi connectivity index (χ3v) is 3.88. The summed E-state index contributed by atoms with van der Waals surface area (Å²) < 4.78 is 9.77. The first kappa shape index (κ1) is 20.0. The summed E-state index contributed by atoms with van der Waals surface area (Å²) in [5.41, 5.74) is 1.67. The molecule has 0 aliphatic rings. The van der Waals surface area contributed by atoms with Gasteiger partial charge in [-0.15, -0.1) is 0 Å². The van der Waals surface area contributed by atoms with E-state index in [0.29, 0.717) is 17.8 Å². The molecule has 0 aliphatic heterocycles. The van der Waals surface area contributed by atoms with E-state index in [0.717, 1.165) is 11.3 Å². The van der Waals surface area contributed by atoms with E-state index < -0.39 is 5.97 Å². The minimum Gasteiger partial charge on any atom is -0.497 e. The number of carbonyl (C=O) groups excluding carboxylic acids is 3. The van der Waals surface area contributed by atoms with Crippen molar-refractivity contribution in [1.29, 1.82) is 0 Å². The second-order valence-corrected chi connectivity index (χ2v) is 5.84. The number of hydrogen-bond donors (Lipinski definition) is 1. The van der Waals surface area contributed by atoms with E-state index in [2.05, 4.69) is 10.1 Å². The summed E-state index contributed by atoms with van der Waals surface area (Å²) in [6.45, 7) is 1.60. The van der Waals surface area contributed by atoms with Crippen LogP contribution in [0, 0.1) is 0 Å². The zero-order valence-electron chi connectivity index (χ0n) is 15.5. The van der Waals surface area contributed by atoms with E-state index in [1.165, 1.54) is 25.0 Å². The number of hydrogen-bond acceptors (Lipinski definition) is 5. The number of amides is 2. The highest BCUT2D eigenvalue weighted by molar-refractivity contribution is 5.96. The monoisotopic (exact) mass is 370 g/mol. The van der Waals surface area contributed by atoms with Crippen molar-refractivity contribution in [1.82, 2.24) is 4.90 Å². The molecular formula is C20H22N2O5. The highest BCUT2D eigenvalue weighted by Crippen LogP contribution is 2.14. The number of nitrogens with zero attached hydrogens (tertiary/aromatic N) is 1. The predicted molar refractivity (Wildman–Crippen MR) is 100 cm³/mol. The zero-order valence-corrected chi connectivity index (χ0v) is 15.5. The minimum absolute atomic E-state index is 0.107. The Balaban J connectivity index is 2.02. The molecule has 0 saturated carbocycles. The van der Waals surface area contributed by atoms with Crippen LogP contribution in [0.3, 0.4) is 0 Å². The first-order valence-electron chi connectivity index (χ1n) is 8.29. The van der Waals surface area contributed by atoms with Gasteiger partial charge in [-0.25, -0.2) is 4.79 Å². The van der Waals surface area contributed by atoms with Gasteiger partial charge in [-0.1, -0.05) is 18.2 Å². The first-order chi connectivity index (χ1) is 12.9. The van der Waals surface area contributed by atoms with E-state index in [9.17, 15) is 14.4 Å². The number of rotatable bonds is 7. The van der Waals surface area contributed by atoms with Crippen molar-refractivity contribution in [2.24, 2.45) is 0 Å². The zero-order chi connectivity index (χ0) is 19.8. The molecule has 7 nitrogen and oxygen atoms in total. The molecule has 0 aliphatic carbocycles. The summed E-state index contributed by atoms with van der Waals surface area (Å²) in [4.78, 5) is 37.2. The van der Waals surface area contributed by atoms with Gasteiger partial charge >= 0.3 is 5.97 Å². The molecule has 0 saturated heterocycles. The molecule has 0 atom stereocenters. The van der Waals surface area contributed by atoms with Crippen LogP contribution >= 0.6 is 0 Å². The van der Waals surface area contributed by atoms with Crippen LogP contribution in [0.25, 0.3) is 0 Å². The van der Waals surface area contributed by atoms with Crippen LogP contribution in [-0.2, 0) is 20.9 Å². The number of ether oxygens (including phenoxy) is 2. The highest BCUT2D eigenvalue weighted by Gasteiger charge is 2.15. The van der Waals surface area contributed by atoms with Gasteiger partial charge in [0.2, 0.25) is 11.8 Å². The van der Waals surface area contributed by atoms with Crippen molar-refractivity contribution in [2.75, 3.05) is 26.1 Å². The normalized spacial score (nSPS) is 10.0. The Bertz CT molecular complexity index is 817. The summed E-state index contributed by atoms with van der Waals surface area (Å²) in [6, 6.07) is 13.7. The molecule has 0 bridgehead atoms. The average Bonchev–Trinajstić information content (AvgIpc) is 2.67. The van der Waals surface area contributed by atoms with Gasteiger partial charge in [0.15, 0.2) is 0 Å². The Labute approximate surface area is 157 Å². The Morgan fingerprint density at radius 2 is 1.74 bits per heavy atom. The topological polar surface area (TPSA) is 84.9 Å². The molecule has 0 spiro atoms. The van der Waals surface area contributed by atoms with Crippen molar-refractivity contribution in [3.63, 3.8) is 0 Å². The van der Waals surface area contributed by atoms with Gasteiger partial charge in [-0.05, 0) is 35.9 Å². The van der Waals surface area contributed by atoms with Gasteiger partial charge in [0.1, 0.15) is 12.3 Å². The number of nitrogens with one attached hydrogen (secondary N) is 1. The molecule has 2 amide bonds. The smallest absolute Gasteiger partial charge is 0.337 e. The van der Waals surface area contributed by atoms with Crippen LogP contribution in [0.2, 0.25) is 0 Å². The van der Waals surface area contributed by atoms with Crippen LogP contribution in [0.5, 0.6) is 5.75 Å². The lowest BCUT2D eigenvalue weighted by Gasteiger charge is -2.21. The van der Waals surface area contributed by atoms with E-state index in [1.807, 2.05) is 12.1 Å². The number of esters is 1. The second kappa shape index (κ2) is 9.38. The van der Waals surface area contributed by atoms with Crippen LogP contribution in [0.1, 0.15) is 22.8 Å². The van der Waals surface area contributed by atoms with Gasteiger partial charge in [0, 0.05) is 19.2 Å². The summed E-state index contributed by atoms with van der Waals surface area (Å²) in [5, 5.41) is 2.69. The molecule has 2 rings (SSSR count). The minimum atomic E-state index is -0.490. The average molecular weight is 370 g/mol. The molecular weight excluding hydrogens is 348 g/mol. The summed E-state index contributed by atoms with van der Waals surface area (Å²) >= 11 is 0. The molecule has 2 aromatic carbocycles. The summed E-state index contributed by atoms with van der Waals surface area (Å²) in [7, 11) is 2.87. The van der Waals surface area contributed by atoms with Crippen molar-refractivity contribution >= 4 is 23.5 Å². The van der Waals surface area contributed by atoms with E-state index in [1.54, 1.807) is 37.4 Å². The fourth-order valence-electron chi connectivity index (χ4n) is 2.45. The molecule has 27 heavy (non-hydrogen) atoms. The number of carbonyl (C=O) groups is 3. The highest BCUT2D eigenvalue weighted by atomic mass is 16.5.